The number of nitrogens with zero attached hydrogens (tertiary/aromatic N) is 2. The Kier molecular flexibility index (Phi) is 5.42. The molecule has 0 aromatic carbocycles. The van der Waals surface area contributed by atoms with Gasteiger partial charge in [0.05, 0.1) is 26.0 Å². The summed E-state index contributed by atoms with van der Waals surface area (Å²) >= 11 is 0. The van der Waals surface area contributed by atoms with E-state index in [1.165, 1.54) is 5.56 Å². The summed E-state index contributed by atoms with van der Waals surface area (Å²) in [5, 5.41) is 3.08. The first kappa shape index (κ1) is 14.1. The summed E-state index contributed by atoms with van der Waals surface area (Å²) in [6.45, 7) is 7.31. The molecular formula is C14H23N3O2. The van der Waals surface area contributed by atoms with Crippen LogP contribution in [0.4, 0.5) is 5.82 Å². The fourth-order valence-corrected chi connectivity index (χ4v) is 2.09. The van der Waals surface area contributed by atoms with E-state index < -0.39 is 0 Å². The van der Waals surface area contributed by atoms with Gasteiger partial charge < -0.3 is 14.8 Å². The highest BCUT2D eigenvalue weighted by molar-refractivity contribution is 5.43. The number of morpholine rings is 1. The van der Waals surface area contributed by atoms with Gasteiger partial charge in [-0.15, -0.1) is 0 Å². The highest BCUT2D eigenvalue weighted by Gasteiger charge is 2.14. The van der Waals surface area contributed by atoms with E-state index in [-0.39, 0.29) is 0 Å². The lowest BCUT2D eigenvalue weighted by Crippen LogP contribution is -2.35. The highest BCUT2D eigenvalue weighted by atomic mass is 16.5. The molecule has 0 bridgehead atoms. The normalized spacial score (nSPS) is 16.3. The first-order valence-electron chi connectivity index (χ1n) is 6.93. The third-order valence-electron chi connectivity index (χ3n) is 3.16. The van der Waals surface area contributed by atoms with Gasteiger partial charge in [0.2, 0.25) is 0 Å². The number of nitrogens with one attached hydrogen (secondary N) is 1. The van der Waals surface area contributed by atoms with Crippen molar-refractivity contribution in [2.24, 2.45) is 0 Å². The molecule has 0 atom stereocenters. The zero-order valence-corrected chi connectivity index (χ0v) is 11.8. The van der Waals surface area contributed by atoms with E-state index in [0.29, 0.717) is 0 Å². The van der Waals surface area contributed by atoms with Crippen molar-refractivity contribution in [3.8, 4) is 5.75 Å². The molecule has 0 spiro atoms. The van der Waals surface area contributed by atoms with Gasteiger partial charge in [0.15, 0.2) is 0 Å². The molecule has 5 heteroatoms. The Morgan fingerprint density at radius 1 is 1.42 bits per heavy atom. The van der Waals surface area contributed by atoms with Crippen LogP contribution in [0.1, 0.15) is 18.9 Å². The third kappa shape index (κ3) is 4.08. The molecular weight excluding hydrogens is 242 g/mol. The van der Waals surface area contributed by atoms with Gasteiger partial charge in [-0.3, -0.25) is 4.90 Å². The molecule has 1 fully saturated rings. The van der Waals surface area contributed by atoms with Crippen LogP contribution in [0.15, 0.2) is 12.3 Å². The van der Waals surface area contributed by atoms with Crippen LogP contribution >= 0.6 is 0 Å². The highest BCUT2D eigenvalue weighted by Crippen LogP contribution is 2.22. The predicted octanol–water partition coefficient (Wildman–Crippen LogP) is 1.74. The molecule has 1 N–H and O–H groups in total. The second-order valence-corrected chi connectivity index (χ2v) is 4.66. The Bertz CT molecular complexity index is 392. The number of pyridine rings is 1. The van der Waals surface area contributed by atoms with E-state index in [2.05, 4.69) is 28.2 Å². The molecule has 2 heterocycles. The number of hydrogen-bond donors (Lipinski definition) is 1. The van der Waals surface area contributed by atoms with Gasteiger partial charge in [-0.05, 0) is 12.5 Å². The van der Waals surface area contributed by atoms with Gasteiger partial charge >= 0.3 is 0 Å². The fraction of sp³-hybridized carbons (Fsp3) is 0.643. The number of rotatable bonds is 6. The van der Waals surface area contributed by atoms with Gasteiger partial charge in [-0.25, -0.2) is 4.98 Å². The molecule has 1 aromatic heterocycles. The summed E-state index contributed by atoms with van der Waals surface area (Å²) in [6, 6.07) is 2.07. The van der Waals surface area contributed by atoms with Crippen molar-refractivity contribution in [3.63, 3.8) is 0 Å². The molecule has 19 heavy (non-hydrogen) atoms. The molecule has 106 valence electrons. The summed E-state index contributed by atoms with van der Waals surface area (Å²) in [4.78, 5) is 6.71. The van der Waals surface area contributed by atoms with E-state index in [4.69, 9.17) is 9.47 Å². The summed E-state index contributed by atoms with van der Waals surface area (Å²) in [7, 11) is 1.88. The second-order valence-electron chi connectivity index (χ2n) is 4.66. The Hall–Kier alpha value is -1.33. The van der Waals surface area contributed by atoms with Gasteiger partial charge in [0.1, 0.15) is 11.6 Å². The van der Waals surface area contributed by atoms with Crippen molar-refractivity contribution in [3.05, 3.63) is 17.8 Å². The van der Waals surface area contributed by atoms with E-state index >= 15 is 0 Å². The molecule has 0 radical (unpaired) electrons. The smallest absolute Gasteiger partial charge is 0.142 e. The Labute approximate surface area is 114 Å². The molecule has 1 aliphatic heterocycles. The summed E-state index contributed by atoms with van der Waals surface area (Å²) in [5.74, 6) is 1.78. The zero-order valence-electron chi connectivity index (χ0n) is 11.8. The maximum absolute atomic E-state index is 5.78. The quantitative estimate of drug-likeness (QED) is 0.849. The van der Waals surface area contributed by atoms with E-state index in [1.807, 2.05) is 13.2 Å². The van der Waals surface area contributed by atoms with Gasteiger partial charge in [-0.2, -0.15) is 0 Å². The Morgan fingerprint density at radius 2 is 2.21 bits per heavy atom. The molecule has 0 saturated carbocycles. The van der Waals surface area contributed by atoms with Crippen LogP contribution in [-0.4, -0.2) is 49.8 Å². The lowest BCUT2D eigenvalue weighted by atomic mass is 10.2. The van der Waals surface area contributed by atoms with Crippen LogP contribution in [0.25, 0.3) is 0 Å². The van der Waals surface area contributed by atoms with Crippen molar-refractivity contribution in [2.45, 2.75) is 19.9 Å². The lowest BCUT2D eigenvalue weighted by molar-refractivity contribution is 0.0338. The largest absolute Gasteiger partial charge is 0.492 e. The lowest BCUT2D eigenvalue weighted by Gasteiger charge is -2.27. The standard InChI is InChI=1S/C14H23N3O2/c1-3-6-19-13-10-16-14(15-2)9-12(13)11-17-4-7-18-8-5-17/h9-10H,3-8,11H2,1-2H3,(H,15,16). The predicted molar refractivity (Wildman–Crippen MR) is 75.7 cm³/mol. The monoisotopic (exact) mass is 265 g/mol. The van der Waals surface area contributed by atoms with Crippen LogP contribution in [0.2, 0.25) is 0 Å². The van der Waals surface area contributed by atoms with Crippen molar-refractivity contribution in [1.29, 1.82) is 0 Å². The maximum atomic E-state index is 5.78. The average Bonchev–Trinajstić information content (AvgIpc) is 2.47. The van der Waals surface area contributed by atoms with Crippen LogP contribution in [0.3, 0.4) is 0 Å². The van der Waals surface area contributed by atoms with Crippen LogP contribution in [0, 0.1) is 0 Å². The molecule has 2 rings (SSSR count). The molecule has 5 nitrogen and oxygen atoms in total. The van der Waals surface area contributed by atoms with Crippen LogP contribution in [0.5, 0.6) is 5.75 Å². The van der Waals surface area contributed by atoms with Crippen LogP contribution < -0.4 is 10.1 Å². The van der Waals surface area contributed by atoms with Crippen LogP contribution in [-0.2, 0) is 11.3 Å². The van der Waals surface area contributed by atoms with Gasteiger partial charge in [-0.1, -0.05) is 6.92 Å². The Balaban J connectivity index is 2.09. The van der Waals surface area contributed by atoms with Crippen molar-refractivity contribution >= 4 is 5.82 Å². The van der Waals surface area contributed by atoms with Crippen molar-refractivity contribution < 1.29 is 9.47 Å². The number of anilines is 1. The topological polar surface area (TPSA) is 46.6 Å². The first-order chi connectivity index (χ1) is 9.33. The minimum atomic E-state index is 0.733. The molecule has 0 aliphatic carbocycles. The summed E-state index contributed by atoms with van der Waals surface area (Å²) < 4.78 is 11.2. The number of hydrogen-bond acceptors (Lipinski definition) is 5. The minimum Gasteiger partial charge on any atom is -0.492 e. The minimum absolute atomic E-state index is 0.733. The Morgan fingerprint density at radius 3 is 2.89 bits per heavy atom. The number of ether oxygens (including phenoxy) is 2. The average molecular weight is 265 g/mol. The van der Waals surface area contributed by atoms with Crippen molar-refractivity contribution in [2.75, 3.05) is 45.3 Å². The van der Waals surface area contributed by atoms with Crippen molar-refractivity contribution in [1.82, 2.24) is 9.88 Å². The molecule has 0 amide bonds. The number of aromatic nitrogens is 1. The fourth-order valence-electron chi connectivity index (χ4n) is 2.09. The third-order valence-corrected chi connectivity index (χ3v) is 3.16. The second kappa shape index (κ2) is 7.31. The van der Waals surface area contributed by atoms with Gasteiger partial charge in [0.25, 0.3) is 0 Å². The summed E-state index contributed by atoms with van der Waals surface area (Å²) in [5.41, 5.74) is 1.19. The molecule has 1 aliphatic rings. The van der Waals surface area contributed by atoms with E-state index in [1.54, 1.807) is 0 Å². The zero-order chi connectivity index (χ0) is 13.5. The summed E-state index contributed by atoms with van der Waals surface area (Å²) in [6.07, 6.45) is 2.82. The maximum Gasteiger partial charge on any atom is 0.142 e. The van der Waals surface area contributed by atoms with E-state index in [0.717, 1.165) is 57.4 Å². The van der Waals surface area contributed by atoms with E-state index in [9.17, 15) is 0 Å². The first-order valence-corrected chi connectivity index (χ1v) is 6.93. The SMILES string of the molecule is CCCOc1cnc(NC)cc1CN1CCOCC1. The molecule has 0 unspecified atom stereocenters. The van der Waals surface area contributed by atoms with Gasteiger partial charge in [0, 0.05) is 32.2 Å². The molecule has 1 saturated heterocycles. The molecule has 1 aromatic rings.